The van der Waals surface area contributed by atoms with Crippen molar-refractivity contribution in [3.63, 3.8) is 0 Å². The number of hydrogen-bond donors (Lipinski definition) is 12. The molecule has 3 fully saturated rings. The number of nitrogens with one attached hydrogen (secondary N) is 8. The Hall–Kier alpha value is -7.02. The summed E-state index contributed by atoms with van der Waals surface area (Å²) >= 11 is 0. The number of fused-ring (bicyclic) bond motifs is 2. The minimum Gasteiger partial charge on any atom is -0.343 e. The van der Waals surface area contributed by atoms with E-state index in [-0.39, 0.29) is 110 Å². The van der Waals surface area contributed by atoms with E-state index in [4.69, 9.17) is 22.9 Å². The van der Waals surface area contributed by atoms with Crippen LogP contribution in [0, 0.1) is 11.3 Å². The number of hydrogen-bond acceptors (Lipinski definition) is 14. The van der Waals surface area contributed by atoms with E-state index in [0.717, 1.165) is 0 Å². The fourth-order valence-corrected chi connectivity index (χ4v) is 10.8. The highest BCUT2D eigenvalue weighted by molar-refractivity contribution is 6.00. The Morgan fingerprint density at radius 1 is 0.434 bits per heavy atom. The summed E-state index contributed by atoms with van der Waals surface area (Å²) in [5, 5.41) is 22.6. The number of nitrogens with zero attached hydrogens (tertiary/aromatic N) is 2. The van der Waals surface area contributed by atoms with Crippen LogP contribution in [0.3, 0.4) is 0 Å². The molecular formula is C59H92N14O10. The zero-order valence-electron chi connectivity index (χ0n) is 49.1. The van der Waals surface area contributed by atoms with Crippen LogP contribution in [0.25, 0.3) is 0 Å². The Bertz CT molecular complexity index is 2510. The van der Waals surface area contributed by atoms with E-state index >= 15 is 0 Å². The summed E-state index contributed by atoms with van der Waals surface area (Å²) in [5.74, 6) is -7.33. The molecule has 83 heavy (non-hydrogen) atoms. The van der Waals surface area contributed by atoms with Gasteiger partial charge in [-0.2, -0.15) is 0 Å². The first kappa shape index (κ1) is 66.8. The SMILES string of the molecule is CC(C)[C@@H]1NC(=O)[C@H](CCCN)NC(=O)[C@@H]2CCCN2C(=O)[C@@H](Cc2ccccc2)NC(=O)[C@H](CCCN)NC(=O)[C@H](C(C)(C)C)NC(=O)[C@H](CCCN)NC(=O)[C@@H]2CCCN2C(=O)[C@@H](Cc2ccccc2)NC(=O)[C@H](CCCN)NC1=O. The largest absolute Gasteiger partial charge is 0.343 e. The quantitative estimate of drug-likeness (QED) is 0.0905. The van der Waals surface area contributed by atoms with Crippen LogP contribution in [0.1, 0.15) is 123 Å². The van der Waals surface area contributed by atoms with Crippen LogP contribution in [0.15, 0.2) is 60.7 Å². The molecular weight excluding hydrogens is 1060 g/mol. The van der Waals surface area contributed by atoms with Gasteiger partial charge in [-0.25, -0.2) is 0 Å². The third kappa shape index (κ3) is 19.5. The molecule has 2 aromatic carbocycles. The molecule has 10 amide bonds. The molecule has 2 aromatic rings. The van der Waals surface area contributed by atoms with E-state index in [1.54, 1.807) is 95.3 Å². The minimum absolute atomic E-state index is 0.000358. The highest BCUT2D eigenvalue weighted by Gasteiger charge is 2.44. The molecule has 10 atom stereocenters. The summed E-state index contributed by atoms with van der Waals surface area (Å²) in [7, 11) is 0. The number of carbonyl (C=O) groups is 10. The lowest BCUT2D eigenvalue weighted by atomic mass is 9.85. The molecule has 0 aromatic heterocycles. The topological polar surface area (TPSA) is 377 Å². The lowest BCUT2D eigenvalue weighted by Crippen LogP contribution is -2.63. The van der Waals surface area contributed by atoms with Crippen molar-refractivity contribution in [2.24, 2.45) is 34.3 Å². The normalized spacial score (nSPS) is 26.4. The van der Waals surface area contributed by atoms with Crippen molar-refractivity contribution in [3.05, 3.63) is 71.8 Å². The van der Waals surface area contributed by atoms with Gasteiger partial charge in [0, 0.05) is 25.9 Å². The van der Waals surface area contributed by atoms with Crippen LogP contribution in [0.5, 0.6) is 0 Å². The Balaban J connectivity index is 1.59. The average Bonchev–Trinajstić information content (AvgIpc) is 4.37. The number of nitrogens with two attached hydrogens (primary N) is 4. The second-order valence-corrected chi connectivity index (χ2v) is 23.4. The number of benzene rings is 2. The molecule has 3 aliphatic rings. The number of rotatable bonds is 17. The Labute approximate surface area is 488 Å². The smallest absolute Gasteiger partial charge is 0.246 e. The first-order valence-electron chi connectivity index (χ1n) is 29.5. The maximum absolute atomic E-state index is 14.9. The van der Waals surface area contributed by atoms with Gasteiger partial charge in [0.15, 0.2) is 0 Å². The fraction of sp³-hybridized carbons (Fsp3) is 0.627. The van der Waals surface area contributed by atoms with Crippen LogP contribution >= 0.6 is 0 Å². The molecule has 0 bridgehead atoms. The van der Waals surface area contributed by atoms with Gasteiger partial charge >= 0.3 is 0 Å². The third-order valence-corrected chi connectivity index (χ3v) is 15.5. The standard InChI is InChI=1S/C59H92N14O10/c1-36(2)47-55(80)66-39(22-12-28-60)49(74)68-43(34-37-18-8-6-9-19-37)57(82)73-33-17-27-46(73)54(79)65-42(25-15-31-63)52(77)71-48(59(3,4)5)56(81)67-40(23-13-29-61)50(75)69-44(35-38-20-10-7-11-21-38)58(83)72-32-16-26-45(72)53(78)64-41(24-14-30-62)51(76)70-47/h6-11,18-21,36,39-48H,12-17,22-35,60-63H2,1-5H3,(H,64,78)(H,65,79)(H,66,80)(H,67,81)(H,68,74)(H,69,75)(H,70,76)(H,71,77)/t39-,40-,41-,42-,43+,44+,45-,46-,47-,48+/m0/s1. The van der Waals surface area contributed by atoms with E-state index in [1.165, 1.54) is 9.80 Å². The maximum atomic E-state index is 14.9. The molecule has 0 spiro atoms. The van der Waals surface area contributed by atoms with Crippen molar-refractivity contribution in [2.75, 3.05) is 39.3 Å². The van der Waals surface area contributed by atoms with Gasteiger partial charge in [-0.05, 0) is 126 Å². The summed E-state index contributed by atoms with van der Waals surface area (Å²) < 4.78 is 0. The number of amides is 10. The van der Waals surface area contributed by atoms with E-state index in [9.17, 15) is 47.9 Å². The Morgan fingerprint density at radius 2 is 0.759 bits per heavy atom. The van der Waals surface area contributed by atoms with Gasteiger partial charge in [-0.1, -0.05) is 95.3 Å². The Kier molecular flexibility index (Phi) is 26.3. The molecule has 0 unspecified atom stereocenters. The van der Waals surface area contributed by atoms with Crippen molar-refractivity contribution in [3.8, 4) is 0 Å². The average molecular weight is 1160 g/mol. The molecule has 3 aliphatic heterocycles. The second kappa shape index (κ2) is 32.7. The van der Waals surface area contributed by atoms with Gasteiger partial charge < -0.3 is 75.3 Å². The zero-order valence-corrected chi connectivity index (χ0v) is 49.1. The van der Waals surface area contributed by atoms with Crippen LogP contribution in [-0.4, -0.2) is 169 Å². The van der Waals surface area contributed by atoms with Crippen molar-refractivity contribution in [1.82, 2.24) is 52.3 Å². The Morgan fingerprint density at radius 3 is 1.11 bits per heavy atom. The van der Waals surface area contributed by atoms with Gasteiger partial charge in [0.05, 0.1) is 0 Å². The highest BCUT2D eigenvalue weighted by Crippen LogP contribution is 2.24. The molecule has 16 N–H and O–H groups in total. The molecule has 24 nitrogen and oxygen atoms in total. The van der Waals surface area contributed by atoms with Gasteiger partial charge in [0.25, 0.3) is 0 Å². The molecule has 3 heterocycles. The van der Waals surface area contributed by atoms with E-state index in [1.807, 2.05) is 0 Å². The van der Waals surface area contributed by atoms with Crippen LogP contribution in [0.4, 0.5) is 0 Å². The van der Waals surface area contributed by atoms with Gasteiger partial charge in [0.2, 0.25) is 59.1 Å². The van der Waals surface area contributed by atoms with Gasteiger partial charge in [-0.3, -0.25) is 47.9 Å². The first-order chi connectivity index (χ1) is 39.6. The third-order valence-electron chi connectivity index (χ3n) is 15.5. The maximum Gasteiger partial charge on any atom is 0.246 e. The summed E-state index contributed by atoms with van der Waals surface area (Å²) in [6.07, 6.45) is 2.63. The monoisotopic (exact) mass is 1160 g/mol. The molecule has 458 valence electrons. The van der Waals surface area contributed by atoms with Crippen molar-refractivity contribution in [2.45, 2.75) is 185 Å². The van der Waals surface area contributed by atoms with E-state index in [2.05, 4.69) is 42.5 Å². The molecule has 0 aliphatic carbocycles. The lowest BCUT2D eigenvalue weighted by molar-refractivity contribution is -0.143. The van der Waals surface area contributed by atoms with Crippen LogP contribution in [-0.2, 0) is 60.8 Å². The van der Waals surface area contributed by atoms with E-state index in [0.29, 0.717) is 30.4 Å². The summed E-state index contributed by atoms with van der Waals surface area (Å²) in [5.41, 5.74) is 24.1. The number of carbonyl (C=O) groups excluding carboxylic acids is 10. The molecule has 3 saturated heterocycles. The highest BCUT2D eigenvalue weighted by atomic mass is 16.2. The van der Waals surface area contributed by atoms with Crippen molar-refractivity contribution >= 4 is 59.1 Å². The van der Waals surface area contributed by atoms with Gasteiger partial charge in [0.1, 0.15) is 60.4 Å². The molecule has 0 radical (unpaired) electrons. The minimum atomic E-state index is -1.29. The summed E-state index contributed by atoms with van der Waals surface area (Å²) in [4.78, 5) is 149. The molecule has 0 saturated carbocycles. The van der Waals surface area contributed by atoms with Crippen molar-refractivity contribution < 1.29 is 47.9 Å². The molecule has 5 rings (SSSR count). The fourth-order valence-electron chi connectivity index (χ4n) is 10.8. The first-order valence-corrected chi connectivity index (χ1v) is 29.5. The van der Waals surface area contributed by atoms with E-state index < -0.39 is 131 Å². The summed E-state index contributed by atoms with van der Waals surface area (Å²) in [6, 6.07) is 5.73. The molecule has 24 heteroatoms. The van der Waals surface area contributed by atoms with Gasteiger partial charge in [-0.15, -0.1) is 0 Å². The van der Waals surface area contributed by atoms with Crippen molar-refractivity contribution in [1.29, 1.82) is 0 Å². The second-order valence-electron chi connectivity index (χ2n) is 23.4. The lowest BCUT2D eigenvalue weighted by Gasteiger charge is -2.34. The zero-order chi connectivity index (χ0) is 60.8. The van der Waals surface area contributed by atoms with Crippen LogP contribution in [0.2, 0.25) is 0 Å². The summed E-state index contributed by atoms with van der Waals surface area (Å²) in [6.45, 7) is 9.46. The van der Waals surface area contributed by atoms with Crippen LogP contribution < -0.4 is 65.5 Å². The predicted octanol–water partition coefficient (Wildman–Crippen LogP) is -0.997. The predicted molar refractivity (Wildman–Crippen MR) is 313 cm³/mol.